The van der Waals surface area contributed by atoms with E-state index in [0.29, 0.717) is 18.1 Å². The molecule has 0 saturated carbocycles. The molecule has 4 nitrogen and oxygen atoms in total. The normalized spacial score (nSPS) is 10.4. The number of nitrogens with zero attached hydrogens (tertiary/aromatic N) is 3. The molecule has 1 heterocycles. The minimum absolute atomic E-state index is 0.195. The highest BCUT2D eigenvalue weighted by Crippen LogP contribution is 2.22. The van der Waals surface area contributed by atoms with Crippen LogP contribution in [0.2, 0.25) is 5.28 Å². The predicted octanol–water partition coefficient (Wildman–Crippen LogP) is 3.11. The van der Waals surface area contributed by atoms with Crippen molar-refractivity contribution in [3.63, 3.8) is 0 Å². The van der Waals surface area contributed by atoms with Gasteiger partial charge in [0.15, 0.2) is 5.82 Å². The molecule has 6 heteroatoms. The fraction of sp³-hybridized carbons (Fsp3) is 0.167. The van der Waals surface area contributed by atoms with Crippen molar-refractivity contribution in [3.8, 4) is 0 Å². The third-order valence-electron chi connectivity index (χ3n) is 2.44. The lowest BCUT2D eigenvalue weighted by Gasteiger charge is -2.19. The number of nitrogen functional groups attached to an aromatic ring is 1. The van der Waals surface area contributed by atoms with Crippen LogP contribution in [0.1, 0.15) is 5.56 Å². The first kappa shape index (κ1) is 13.1. The molecule has 94 valence electrons. The van der Waals surface area contributed by atoms with E-state index in [1.54, 1.807) is 0 Å². The van der Waals surface area contributed by atoms with Gasteiger partial charge >= 0.3 is 0 Å². The number of halogens is 2. The first-order valence-electron chi connectivity index (χ1n) is 5.30. The van der Waals surface area contributed by atoms with Crippen molar-refractivity contribution >= 4 is 39.0 Å². The lowest BCUT2D eigenvalue weighted by molar-refractivity contribution is 0.893. The Morgan fingerprint density at radius 3 is 2.94 bits per heavy atom. The summed E-state index contributed by atoms with van der Waals surface area (Å²) in [7, 11) is 1.91. The molecule has 2 N–H and O–H groups in total. The molecule has 18 heavy (non-hydrogen) atoms. The van der Waals surface area contributed by atoms with Crippen molar-refractivity contribution in [2.24, 2.45) is 0 Å². The highest BCUT2D eigenvalue weighted by atomic mass is 79.9. The molecule has 1 aromatic carbocycles. The molecule has 0 aliphatic heterocycles. The summed E-state index contributed by atoms with van der Waals surface area (Å²) in [4.78, 5) is 9.91. The zero-order valence-electron chi connectivity index (χ0n) is 9.77. The highest BCUT2D eigenvalue weighted by Gasteiger charge is 2.09. The van der Waals surface area contributed by atoms with Gasteiger partial charge in [0, 0.05) is 18.1 Å². The van der Waals surface area contributed by atoms with Gasteiger partial charge in [0.05, 0.1) is 11.9 Å². The summed E-state index contributed by atoms with van der Waals surface area (Å²) in [5, 5.41) is 0.195. The van der Waals surface area contributed by atoms with Crippen molar-refractivity contribution in [2.45, 2.75) is 6.54 Å². The number of anilines is 2. The van der Waals surface area contributed by atoms with Gasteiger partial charge in [-0.15, -0.1) is 0 Å². The van der Waals surface area contributed by atoms with Crippen molar-refractivity contribution in [3.05, 3.63) is 45.8 Å². The summed E-state index contributed by atoms with van der Waals surface area (Å²) < 4.78 is 1.04. The lowest BCUT2D eigenvalue weighted by Crippen LogP contribution is -2.19. The largest absolute Gasteiger partial charge is 0.394 e. The first-order chi connectivity index (χ1) is 8.56. The van der Waals surface area contributed by atoms with Crippen LogP contribution in [-0.4, -0.2) is 17.0 Å². The number of rotatable bonds is 3. The molecule has 0 aliphatic rings. The molecule has 2 rings (SSSR count). The second kappa shape index (κ2) is 5.54. The Hall–Kier alpha value is -1.33. The van der Waals surface area contributed by atoms with Crippen molar-refractivity contribution in [2.75, 3.05) is 17.7 Å². The first-order valence-corrected chi connectivity index (χ1v) is 6.47. The summed E-state index contributed by atoms with van der Waals surface area (Å²) in [5.74, 6) is 0.634. The third-order valence-corrected chi connectivity index (χ3v) is 3.11. The minimum atomic E-state index is 0.195. The van der Waals surface area contributed by atoms with E-state index in [0.717, 1.165) is 10.0 Å². The summed E-state index contributed by atoms with van der Waals surface area (Å²) in [5.41, 5.74) is 7.50. The van der Waals surface area contributed by atoms with Crippen LogP contribution in [0.4, 0.5) is 11.5 Å². The molecule has 2 aromatic rings. The van der Waals surface area contributed by atoms with Gasteiger partial charge in [-0.05, 0) is 29.3 Å². The molecular weight excluding hydrogens is 316 g/mol. The number of hydrogen-bond donors (Lipinski definition) is 1. The average Bonchev–Trinajstić information content (AvgIpc) is 2.32. The SMILES string of the molecule is CN(Cc1cccc(Br)c1)c1nc(Cl)ncc1N. The summed E-state index contributed by atoms with van der Waals surface area (Å²) in [6.07, 6.45) is 1.52. The van der Waals surface area contributed by atoms with E-state index >= 15 is 0 Å². The van der Waals surface area contributed by atoms with Crippen LogP contribution >= 0.6 is 27.5 Å². The Morgan fingerprint density at radius 1 is 1.44 bits per heavy atom. The van der Waals surface area contributed by atoms with Gasteiger partial charge in [-0.3, -0.25) is 0 Å². The van der Waals surface area contributed by atoms with Crippen molar-refractivity contribution in [1.29, 1.82) is 0 Å². The van der Waals surface area contributed by atoms with E-state index in [4.69, 9.17) is 17.3 Å². The Balaban J connectivity index is 2.21. The quantitative estimate of drug-likeness (QED) is 0.880. The maximum Gasteiger partial charge on any atom is 0.224 e. The van der Waals surface area contributed by atoms with E-state index in [9.17, 15) is 0 Å². The smallest absolute Gasteiger partial charge is 0.224 e. The van der Waals surface area contributed by atoms with Gasteiger partial charge in [-0.1, -0.05) is 28.1 Å². The van der Waals surface area contributed by atoms with Gasteiger partial charge in [0.2, 0.25) is 5.28 Å². The molecule has 0 unspecified atom stereocenters. The van der Waals surface area contributed by atoms with Crippen LogP contribution in [0.25, 0.3) is 0 Å². The minimum Gasteiger partial charge on any atom is -0.394 e. The molecular formula is C12H12BrClN4. The third kappa shape index (κ3) is 3.11. The number of hydrogen-bond acceptors (Lipinski definition) is 4. The Kier molecular flexibility index (Phi) is 4.04. The lowest BCUT2D eigenvalue weighted by atomic mass is 10.2. The number of aromatic nitrogens is 2. The monoisotopic (exact) mass is 326 g/mol. The molecule has 0 bridgehead atoms. The highest BCUT2D eigenvalue weighted by molar-refractivity contribution is 9.10. The Labute approximate surface area is 119 Å². The summed E-state index contributed by atoms with van der Waals surface area (Å²) >= 11 is 9.22. The second-order valence-electron chi connectivity index (χ2n) is 3.90. The second-order valence-corrected chi connectivity index (χ2v) is 5.16. The average molecular weight is 328 g/mol. The van der Waals surface area contributed by atoms with Crippen molar-refractivity contribution < 1.29 is 0 Å². The van der Waals surface area contributed by atoms with Gasteiger partial charge in [0.25, 0.3) is 0 Å². The maximum atomic E-state index is 5.84. The maximum absolute atomic E-state index is 5.84. The van der Waals surface area contributed by atoms with Crippen LogP contribution < -0.4 is 10.6 Å². The summed E-state index contributed by atoms with van der Waals surface area (Å²) in [6, 6.07) is 8.07. The van der Waals surface area contributed by atoms with Gasteiger partial charge in [0.1, 0.15) is 0 Å². The standard InChI is InChI=1S/C12H12BrClN4/c1-18(7-8-3-2-4-9(13)5-8)11-10(15)6-16-12(14)17-11/h2-6H,7,15H2,1H3. The number of benzene rings is 1. The molecule has 0 radical (unpaired) electrons. The van der Waals surface area contributed by atoms with E-state index in [1.165, 1.54) is 6.20 Å². The molecule has 0 aliphatic carbocycles. The van der Waals surface area contributed by atoms with E-state index < -0.39 is 0 Å². The van der Waals surface area contributed by atoms with Crippen molar-refractivity contribution in [1.82, 2.24) is 9.97 Å². The van der Waals surface area contributed by atoms with E-state index in [-0.39, 0.29) is 5.28 Å². The van der Waals surface area contributed by atoms with Crippen LogP contribution in [-0.2, 0) is 6.54 Å². The van der Waals surface area contributed by atoms with Crippen LogP contribution in [0.3, 0.4) is 0 Å². The van der Waals surface area contributed by atoms with Gasteiger partial charge in [-0.2, -0.15) is 4.98 Å². The van der Waals surface area contributed by atoms with E-state index in [1.807, 2.05) is 30.1 Å². The van der Waals surface area contributed by atoms with Crippen LogP contribution in [0.5, 0.6) is 0 Å². The molecule has 1 aromatic heterocycles. The fourth-order valence-electron chi connectivity index (χ4n) is 1.65. The number of nitrogens with two attached hydrogens (primary N) is 1. The van der Waals surface area contributed by atoms with Gasteiger partial charge in [-0.25, -0.2) is 4.98 Å². The molecule has 0 fully saturated rings. The van der Waals surface area contributed by atoms with Crippen LogP contribution in [0, 0.1) is 0 Å². The van der Waals surface area contributed by atoms with Crippen LogP contribution in [0.15, 0.2) is 34.9 Å². The van der Waals surface area contributed by atoms with Gasteiger partial charge < -0.3 is 10.6 Å². The zero-order chi connectivity index (χ0) is 13.1. The topological polar surface area (TPSA) is 55.0 Å². The Bertz CT molecular complexity index is 562. The molecule has 0 saturated heterocycles. The molecule has 0 spiro atoms. The molecule has 0 amide bonds. The van der Waals surface area contributed by atoms with E-state index in [2.05, 4.69) is 32.0 Å². The Morgan fingerprint density at radius 2 is 2.22 bits per heavy atom. The summed E-state index contributed by atoms with van der Waals surface area (Å²) in [6.45, 7) is 0.691. The predicted molar refractivity (Wildman–Crippen MR) is 77.7 cm³/mol. The fourth-order valence-corrected chi connectivity index (χ4v) is 2.23. The zero-order valence-corrected chi connectivity index (χ0v) is 12.1. The molecule has 0 atom stereocenters.